The van der Waals surface area contributed by atoms with Crippen LogP contribution < -0.4 is 16.0 Å². The molecule has 0 saturated carbocycles. The number of carbonyl (C=O) groups is 1. The van der Waals surface area contributed by atoms with Gasteiger partial charge in [-0.2, -0.15) is 0 Å². The SMILES string of the molecule is CCNC(=NCc1ccc(F)cc1)NCCCNC(=O)c1occc1C.I. The highest BCUT2D eigenvalue weighted by Gasteiger charge is 2.11. The maximum atomic E-state index is 12.9. The molecule has 6 nitrogen and oxygen atoms in total. The number of guanidine groups is 1. The third kappa shape index (κ3) is 7.98. The molecule has 1 aromatic carbocycles. The molecule has 1 amide bonds. The minimum absolute atomic E-state index is 0. The molecule has 3 N–H and O–H groups in total. The Bertz CT molecular complexity index is 732. The Morgan fingerprint density at radius 2 is 1.81 bits per heavy atom. The van der Waals surface area contributed by atoms with Gasteiger partial charge in [0.2, 0.25) is 0 Å². The topological polar surface area (TPSA) is 78.7 Å². The molecule has 0 aliphatic rings. The molecular formula is C19H26FIN4O2. The zero-order valence-electron chi connectivity index (χ0n) is 15.5. The van der Waals surface area contributed by atoms with Gasteiger partial charge in [-0.05, 0) is 44.0 Å². The first kappa shape index (κ1) is 22.9. The molecule has 1 aromatic heterocycles. The molecule has 0 spiro atoms. The van der Waals surface area contributed by atoms with Crippen molar-refractivity contribution in [2.24, 2.45) is 4.99 Å². The van der Waals surface area contributed by atoms with Crippen molar-refractivity contribution in [2.45, 2.75) is 26.8 Å². The number of benzene rings is 1. The first-order valence-electron chi connectivity index (χ1n) is 8.69. The lowest BCUT2D eigenvalue weighted by molar-refractivity contribution is 0.0925. The number of aliphatic imine (C=N–C) groups is 1. The predicted octanol–water partition coefficient (Wildman–Crippen LogP) is 3.22. The highest BCUT2D eigenvalue weighted by Crippen LogP contribution is 2.07. The third-order valence-corrected chi connectivity index (χ3v) is 3.68. The van der Waals surface area contributed by atoms with Gasteiger partial charge in [-0.25, -0.2) is 9.38 Å². The van der Waals surface area contributed by atoms with Crippen molar-refractivity contribution in [1.82, 2.24) is 16.0 Å². The monoisotopic (exact) mass is 488 g/mol. The number of amides is 1. The Kier molecular flexibility index (Phi) is 10.5. The summed E-state index contributed by atoms with van der Waals surface area (Å²) in [7, 11) is 0. The number of furan rings is 1. The van der Waals surface area contributed by atoms with Crippen molar-refractivity contribution in [3.05, 3.63) is 59.3 Å². The largest absolute Gasteiger partial charge is 0.459 e. The van der Waals surface area contributed by atoms with Gasteiger partial charge >= 0.3 is 0 Å². The average molecular weight is 488 g/mol. The van der Waals surface area contributed by atoms with E-state index in [2.05, 4.69) is 20.9 Å². The molecule has 0 radical (unpaired) electrons. The Morgan fingerprint density at radius 1 is 1.11 bits per heavy atom. The van der Waals surface area contributed by atoms with Crippen LogP contribution in [0.5, 0.6) is 0 Å². The van der Waals surface area contributed by atoms with Crippen molar-refractivity contribution < 1.29 is 13.6 Å². The van der Waals surface area contributed by atoms with E-state index in [0.29, 0.717) is 31.4 Å². The van der Waals surface area contributed by atoms with Crippen LogP contribution in [0.3, 0.4) is 0 Å². The third-order valence-electron chi connectivity index (χ3n) is 3.68. The number of carbonyl (C=O) groups excluding carboxylic acids is 1. The lowest BCUT2D eigenvalue weighted by Gasteiger charge is -2.11. The van der Waals surface area contributed by atoms with Crippen LogP contribution in [0.2, 0.25) is 0 Å². The minimum atomic E-state index is -0.255. The van der Waals surface area contributed by atoms with Crippen LogP contribution in [0.25, 0.3) is 0 Å². The summed E-state index contributed by atoms with van der Waals surface area (Å²) in [6.45, 7) is 6.21. The molecular weight excluding hydrogens is 462 g/mol. The summed E-state index contributed by atoms with van der Waals surface area (Å²) in [4.78, 5) is 16.4. The van der Waals surface area contributed by atoms with Crippen molar-refractivity contribution in [3.8, 4) is 0 Å². The number of rotatable bonds is 8. The molecule has 148 valence electrons. The minimum Gasteiger partial charge on any atom is -0.459 e. The normalized spacial score (nSPS) is 10.9. The van der Waals surface area contributed by atoms with Gasteiger partial charge in [0, 0.05) is 25.2 Å². The van der Waals surface area contributed by atoms with E-state index in [1.165, 1.54) is 18.4 Å². The molecule has 0 fully saturated rings. The molecule has 0 saturated heterocycles. The summed E-state index contributed by atoms with van der Waals surface area (Å²) in [6, 6.07) is 8.04. The van der Waals surface area contributed by atoms with Crippen LogP contribution in [-0.2, 0) is 6.54 Å². The summed E-state index contributed by atoms with van der Waals surface area (Å²) < 4.78 is 18.1. The second kappa shape index (κ2) is 12.3. The maximum Gasteiger partial charge on any atom is 0.287 e. The summed E-state index contributed by atoms with van der Waals surface area (Å²) >= 11 is 0. The Balaban J connectivity index is 0.00000364. The molecule has 1 heterocycles. The molecule has 0 atom stereocenters. The number of nitrogens with one attached hydrogen (secondary N) is 3. The molecule has 0 aliphatic heterocycles. The number of hydrogen-bond acceptors (Lipinski definition) is 3. The molecule has 2 aromatic rings. The molecule has 0 bridgehead atoms. The van der Waals surface area contributed by atoms with E-state index < -0.39 is 0 Å². The van der Waals surface area contributed by atoms with Gasteiger partial charge in [-0.15, -0.1) is 24.0 Å². The number of aryl methyl sites for hydroxylation is 1. The number of nitrogens with zero attached hydrogens (tertiary/aromatic N) is 1. The highest BCUT2D eigenvalue weighted by molar-refractivity contribution is 14.0. The van der Waals surface area contributed by atoms with Crippen LogP contribution in [0.1, 0.15) is 35.0 Å². The zero-order valence-corrected chi connectivity index (χ0v) is 17.9. The zero-order chi connectivity index (χ0) is 18.8. The van der Waals surface area contributed by atoms with Gasteiger partial charge in [0.15, 0.2) is 11.7 Å². The smallest absolute Gasteiger partial charge is 0.287 e. The van der Waals surface area contributed by atoms with E-state index in [-0.39, 0.29) is 35.7 Å². The van der Waals surface area contributed by atoms with Crippen LogP contribution in [0.4, 0.5) is 4.39 Å². The van der Waals surface area contributed by atoms with Gasteiger partial charge in [0.05, 0.1) is 12.8 Å². The second-order valence-electron chi connectivity index (χ2n) is 5.79. The van der Waals surface area contributed by atoms with Gasteiger partial charge in [0.25, 0.3) is 5.91 Å². The predicted molar refractivity (Wildman–Crippen MR) is 115 cm³/mol. The van der Waals surface area contributed by atoms with Gasteiger partial charge in [-0.1, -0.05) is 12.1 Å². The average Bonchev–Trinajstić information content (AvgIpc) is 3.06. The molecule has 8 heteroatoms. The van der Waals surface area contributed by atoms with E-state index in [9.17, 15) is 9.18 Å². The first-order chi connectivity index (χ1) is 12.6. The van der Waals surface area contributed by atoms with Crippen molar-refractivity contribution >= 4 is 35.8 Å². The van der Waals surface area contributed by atoms with Crippen LogP contribution >= 0.6 is 24.0 Å². The van der Waals surface area contributed by atoms with Gasteiger partial charge in [-0.3, -0.25) is 4.79 Å². The summed E-state index contributed by atoms with van der Waals surface area (Å²) in [5.41, 5.74) is 1.76. The molecule has 2 rings (SSSR count). The summed E-state index contributed by atoms with van der Waals surface area (Å²) in [6.07, 6.45) is 2.25. The Hall–Kier alpha value is -2.10. The maximum absolute atomic E-state index is 12.9. The fraction of sp³-hybridized carbons (Fsp3) is 0.368. The van der Waals surface area contributed by atoms with Crippen molar-refractivity contribution in [2.75, 3.05) is 19.6 Å². The van der Waals surface area contributed by atoms with E-state index in [0.717, 1.165) is 24.1 Å². The number of halogens is 2. The standard InChI is InChI=1S/C19H25FN4O2.HI/c1-3-21-19(24-13-15-5-7-16(20)8-6-15)23-11-4-10-22-18(25)17-14(2)9-12-26-17;/h5-9,12H,3-4,10-11,13H2,1-2H3,(H,22,25)(H2,21,23,24);1H. The number of hydrogen-bond donors (Lipinski definition) is 3. The lowest BCUT2D eigenvalue weighted by atomic mass is 10.2. The van der Waals surface area contributed by atoms with Gasteiger partial charge in [0.1, 0.15) is 5.82 Å². The second-order valence-corrected chi connectivity index (χ2v) is 5.79. The fourth-order valence-corrected chi connectivity index (χ4v) is 2.28. The lowest BCUT2D eigenvalue weighted by Crippen LogP contribution is -2.38. The van der Waals surface area contributed by atoms with Crippen LogP contribution in [0, 0.1) is 12.7 Å². The first-order valence-corrected chi connectivity index (χ1v) is 8.69. The quantitative estimate of drug-likeness (QED) is 0.231. The molecule has 0 unspecified atom stereocenters. The van der Waals surface area contributed by atoms with Crippen LogP contribution in [-0.4, -0.2) is 31.5 Å². The van der Waals surface area contributed by atoms with Crippen molar-refractivity contribution in [1.29, 1.82) is 0 Å². The van der Waals surface area contributed by atoms with E-state index in [4.69, 9.17) is 4.42 Å². The van der Waals surface area contributed by atoms with Crippen LogP contribution in [0.15, 0.2) is 46.0 Å². The van der Waals surface area contributed by atoms with Gasteiger partial charge < -0.3 is 20.4 Å². The van der Waals surface area contributed by atoms with Crippen molar-refractivity contribution in [3.63, 3.8) is 0 Å². The molecule has 0 aliphatic carbocycles. The Labute approximate surface area is 176 Å². The highest BCUT2D eigenvalue weighted by atomic mass is 127. The van der Waals surface area contributed by atoms with E-state index >= 15 is 0 Å². The Morgan fingerprint density at radius 3 is 2.44 bits per heavy atom. The summed E-state index contributed by atoms with van der Waals surface area (Å²) in [5.74, 6) is 0.580. The van der Waals surface area contributed by atoms with E-state index in [1.54, 1.807) is 18.2 Å². The molecule has 27 heavy (non-hydrogen) atoms. The summed E-state index contributed by atoms with van der Waals surface area (Å²) in [5, 5.41) is 9.19. The fourth-order valence-electron chi connectivity index (χ4n) is 2.28. The van der Waals surface area contributed by atoms with E-state index in [1.807, 2.05) is 13.8 Å².